The van der Waals surface area contributed by atoms with Crippen molar-refractivity contribution in [1.29, 1.82) is 0 Å². The zero-order valence-corrected chi connectivity index (χ0v) is 10.9. The number of aryl methyl sites for hydroxylation is 1. The van der Waals surface area contributed by atoms with Crippen molar-refractivity contribution in [2.24, 2.45) is 0 Å². The molecule has 0 amide bonds. The monoisotopic (exact) mass is 273 g/mol. The van der Waals surface area contributed by atoms with Crippen molar-refractivity contribution in [3.8, 4) is 0 Å². The number of carbonyl (C=O) groups is 1. The molecule has 1 aliphatic heterocycles. The first-order valence-corrected chi connectivity index (χ1v) is 6.59. The summed E-state index contributed by atoms with van der Waals surface area (Å²) in [6, 6.07) is 0. The molecule has 0 saturated carbocycles. The molecule has 100 valence electrons. The lowest BCUT2D eigenvalue weighted by Gasteiger charge is -2.23. The molecule has 7 nitrogen and oxygen atoms in total. The van der Waals surface area contributed by atoms with E-state index in [1.54, 1.807) is 0 Å². The van der Waals surface area contributed by atoms with Crippen molar-refractivity contribution in [3.05, 3.63) is 5.82 Å². The van der Waals surface area contributed by atoms with Gasteiger partial charge in [-0.15, -0.1) is 10.2 Å². The minimum absolute atomic E-state index is 0.0276. The molecule has 1 aromatic heterocycles. The van der Waals surface area contributed by atoms with E-state index < -0.39 is 5.97 Å². The molecular weight excluding hydrogens is 258 g/mol. The number of ether oxygens (including phenoxy) is 2. The maximum Gasteiger partial charge on any atom is 0.313 e. The van der Waals surface area contributed by atoms with Crippen LogP contribution < -0.4 is 0 Å². The predicted molar refractivity (Wildman–Crippen MR) is 63.7 cm³/mol. The first-order valence-electron chi connectivity index (χ1n) is 5.60. The van der Waals surface area contributed by atoms with Crippen LogP contribution in [-0.2, 0) is 20.8 Å². The summed E-state index contributed by atoms with van der Waals surface area (Å²) in [6.45, 7) is 4.17. The zero-order chi connectivity index (χ0) is 13.0. The predicted octanol–water partition coefficient (Wildman–Crippen LogP) is 0.179. The first-order chi connectivity index (χ1) is 8.66. The van der Waals surface area contributed by atoms with Crippen molar-refractivity contribution >= 4 is 17.7 Å². The summed E-state index contributed by atoms with van der Waals surface area (Å²) in [4.78, 5) is 10.6. The minimum Gasteiger partial charge on any atom is -0.481 e. The van der Waals surface area contributed by atoms with Crippen molar-refractivity contribution in [2.45, 2.75) is 24.7 Å². The number of aromatic nitrogens is 3. The Hall–Kier alpha value is -1.12. The second kappa shape index (κ2) is 6.17. The lowest BCUT2D eigenvalue weighted by molar-refractivity contribution is -0.133. The molecule has 8 heteroatoms. The van der Waals surface area contributed by atoms with Crippen LogP contribution in [0, 0.1) is 6.92 Å². The Balaban J connectivity index is 2.01. The third kappa shape index (κ3) is 3.44. The summed E-state index contributed by atoms with van der Waals surface area (Å²) in [6.07, 6.45) is -0.0300. The highest BCUT2D eigenvalue weighted by atomic mass is 32.2. The van der Waals surface area contributed by atoms with Crippen molar-refractivity contribution in [3.63, 3.8) is 0 Å². The summed E-state index contributed by atoms with van der Waals surface area (Å²) >= 11 is 1.16. The molecular formula is C10H15N3O4S. The van der Waals surface area contributed by atoms with Gasteiger partial charge in [-0.1, -0.05) is 11.8 Å². The van der Waals surface area contributed by atoms with Crippen molar-refractivity contribution < 1.29 is 19.4 Å². The third-order valence-electron chi connectivity index (χ3n) is 2.50. The molecule has 1 N–H and O–H groups in total. The number of aliphatic carboxylic acids is 1. The Morgan fingerprint density at radius 1 is 1.56 bits per heavy atom. The average molecular weight is 273 g/mol. The quantitative estimate of drug-likeness (QED) is 0.766. The Bertz CT molecular complexity index is 417. The maximum absolute atomic E-state index is 10.6. The van der Waals surface area contributed by atoms with Gasteiger partial charge in [0.2, 0.25) is 0 Å². The number of carboxylic acids is 1. The highest BCUT2D eigenvalue weighted by molar-refractivity contribution is 7.99. The zero-order valence-electron chi connectivity index (χ0n) is 10.0. The van der Waals surface area contributed by atoms with Gasteiger partial charge < -0.3 is 19.1 Å². The molecule has 1 fully saturated rings. The SMILES string of the molecule is Cc1nnc(SCC(=O)O)n1CC1COCCO1. The molecule has 1 unspecified atom stereocenters. The van der Waals surface area contributed by atoms with Gasteiger partial charge in [0.25, 0.3) is 0 Å². The van der Waals surface area contributed by atoms with Gasteiger partial charge in [0.05, 0.1) is 38.2 Å². The number of thioether (sulfide) groups is 1. The van der Waals surface area contributed by atoms with Crippen LogP contribution in [0.3, 0.4) is 0 Å². The topological polar surface area (TPSA) is 86.5 Å². The molecule has 0 aliphatic carbocycles. The van der Waals surface area contributed by atoms with Gasteiger partial charge in [0, 0.05) is 0 Å². The van der Waals surface area contributed by atoms with E-state index in [0.717, 1.165) is 17.6 Å². The number of nitrogens with zero attached hydrogens (tertiary/aromatic N) is 3. The lowest BCUT2D eigenvalue weighted by Crippen LogP contribution is -2.32. The summed E-state index contributed by atoms with van der Waals surface area (Å²) in [7, 11) is 0. The van der Waals surface area contributed by atoms with E-state index in [-0.39, 0.29) is 11.9 Å². The third-order valence-corrected chi connectivity index (χ3v) is 3.45. The number of hydrogen-bond acceptors (Lipinski definition) is 6. The van der Waals surface area contributed by atoms with Crippen molar-refractivity contribution in [1.82, 2.24) is 14.8 Å². The van der Waals surface area contributed by atoms with Crippen LogP contribution in [0.4, 0.5) is 0 Å². The fourth-order valence-electron chi connectivity index (χ4n) is 1.65. The smallest absolute Gasteiger partial charge is 0.313 e. The van der Waals surface area contributed by atoms with Crippen LogP contribution in [0.5, 0.6) is 0 Å². The van der Waals surface area contributed by atoms with Gasteiger partial charge in [-0.05, 0) is 6.92 Å². The lowest BCUT2D eigenvalue weighted by atomic mass is 10.3. The van der Waals surface area contributed by atoms with E-state index in [9.17, 15) is 4.79 Å². The fraction of sp³-hybridized carbons (Fsp3) is 0.700. The van der Waals surface area contributed by atoms with Gasteiger partial charge >= 0.3 is 5.97 Å². The Kier molecular flexibility index (Phi) is 4.56. The van der Waals surface area contributed by atoms with Gasteiger partial charge in [0.1, 0.15) is 5.82 Å². The van der Waals surface area contributed by atoms with Gasteiger partial charge in [0.15, 0.2) is 5.16 Å². The summed E-state index contributed by atoms with van der Waals surface area (Å²) < 4.78 is 12.8. The number of carboxylic acid groups (broad SMARTS) is 1. The molecule has 2 heterocycles. The van der Waals surface area contributed by atoms with E-state index >= 15 is 0 Å². The molecule has 1 saturated heterocycles. The van der Waals surface area contributed by atoms with Gasteiger partial charge in [-0.3, -0.25) is 4.79 Å². The first kappa shape index (κ1) is 13.3. The van der Waals surface area contributed by atoms with Crippen LogP contribution in [-0.4, -0.2) is 57.5 Å². The van der Waals surface area contributed by atoms with E-state index in [1.165, 1.54) is 0 Å². The number of hydrogen-bond donors (Lipinski definition) is 1. The fourth-order valence-corrected chi connectivity index (χ4v) is 2.36. The molecule has 2 rings (SSSR count). The summed E-state index contributed by atoms with van der Waals surface area (Å²) in [5, 5.41) is 17.2. The highest BCUT2D eigenvalue weighted by Crippen LogP contribution is 2.18. The number of rotatable bonds is 5. The normalized spacial score (nSPS) is 19.9. The standard InChI is InChI=1S/C10H15N3O4S/c1-7-11-12-10(18-6-9(14)15)13(7)4-8-5-16-2-3-17-8/h8H,2-6H2,1H3,(H,14,15). The van der Waals surface area contributed by atoms with Gasteiger partial charge in [-0.2, -0.15) is 0 Å². The maximum atomic E-state index is 10.6. The second-order valence-electron chi connectivity index (χ2n) is 3.89. The van der Waals surface area contributed by atoms with Crippen LogP contribution >= 0.6 is 11.8 Å². The van der Waals surface area contributed by atoms with Crippen LogP contribution in [0.2, 0.25) is 0 Å². The second-order valence-corrected chi connectivity index (χ2v) is 4.83. The Morgan fingerprint density at radius 3 is 3.06 bits per heavy atom. The minimum atomic E-state index is -0.871. The highest BCUT2D eigenvalue weighted by Gasteiger charge is 2.19. The van der Waals surface area contributed by atoms with Crippen molar-refractivity contribution in [2.75, 3.05) is 25.6 Å². The van der Waals surface area contributed by atoms with Crippen LogP contribution in [0.25, 0.3) is 0 Å². The van der Waals surface area contributed by atoms with Gasteiger partial charge in [-0.25, -0.2) is 0 Å². The molecule has 0 aromatic carbocycles. The van der Waals surface area contributed by atoms with E-state index in [1.807, 2.05) is 11.5 Å². The van der Waals surface area contributed by atoms with E-state index in [0.29, 0.717) is 31.5 Å². The summed E-state index contributed by atoms with van der Waals surface area (Å²) in [5.74, 6) is -0.151. The van der Waals surface area contributed by atoms with Crippen LogP contribution in [0.1, 0.15) is 5.82 Å². The average Bonchev–Trinajstić information content (AvgIpc) is 2.70. The van der Waals surface area contributed by atoms with Crippen LogP contribution in [0.15, 0.2) is 5.16 Å². The largest absolute Gasteiger partial charge is 0.481 e. The molecule has 0 bridgehead atoms. The Labute approximate surface area is 108 Å². The van der Waals surface area contributed by atoms with E-state index in [2.05, 4.69) is 10.2 Å². The molecule has 1 atom stereocenters. The van der Waals surface area contributed by atoms with E-state index in [4.69, 9.17) is 14.6 Å². The summed E-state index contributed by atoms with van der Waals surface area (Å²) in [5.41, 5.74) is 0. The molecule has 0 spiro atoms. The Morgan fingerprint density at radius 2 is 2.39 bits per heavy atom. The molecule has 0 radical (unpaired) electrons. The molecule has 1 aromatic rings. The molecule has 1 aliphatic rings. The molecule has 18 heavy (non-hydrogen) atoms.